The Labute approximate surface area is 126 Å². The van der Waals surface area contributed by atoms with Gasteiger partial charge in [0.25, 0.3) is 0 Å². The average molecular weight is 295 g/mol. The van der Waals surface area contributed by atoms with E-state index in [0.29, 0.717) is 34.6 Å². The van der Waals surface area contributed by atoms with Crippen LogP contribution in [-0.4, -0.2) is 22.4 Å². The van der Waals surface area contributed by atoms with Crippen LogP contribution in [0.15, 0.2) is 22.8 Å². The summed E-state index contributed by atoms with van der Waals surface area (Å²) in [6.07, 6.45) is 0.516. The molecule has 0 radical (unpaired) electrons. The van der Waals surface area contributed by atoms with Gasteiger partial charge in [-0.1, -0.05) is 6.07 Å². The number of aryl methyl sites for hydroxylation is 1. The fourth-order valence-electron chi connectivity index (χ4n) is 2.36. The van der Waals surface area contributed by atoms with Crippen LogP contribution in [0.3, 0.4) is 0 Å². The molecule has 0 spiro atoms. The zero-order valence-electron chi connectivity index (χ0n) is 12.1. The number of rotatable bonds is 3. The molecule has 7 heteroatoms. The fraction of sp³-hybridized carbons (Fsp3) is 0.200. The highest BCUT2D eigenvalue weighted by Crippen LogP contribution is 2.29. The van der Waals surface area contributed by atoms with Crippen molar-refractivity contribution in [3.8, 4) is 11.8 Å². The second-order valence-electron chi connectivity index (χ2n) is 4.84. The minimum Gasteiger partial charge on any atom is -0.496 e. The van der Waals surface area contributed by atoms with Gasteiger partial charge in [-0.3, -0.25) is 0 Å². The predicted octanol–water partition coefficient (Wildman–Crippen LogP) is 1.98. The minimum absolute atomic E-state index is 0.394. The van der Waals surface area contributed by atoms with E-state index in [-0.39, 0.29) is 0 Å². The highest BCUT2D eigenvalue weighted by atomic mass is 16.6. The number of nitrogens with two attached hydrogens (primary N) is 1. The van der Waals surface area contributed by atoms with Crippen molar-refractivity contribution in [3.05, 3.63) is 40.6 Å². The first-order chi connectivity index (χ1) is 10.6. The molecule has 0 aliphatic carbocycles. The number of methoxy groups -OCH3 is 1. The van der Waals surface area contributed by atoms with E-state index in [1.54, 1.807) is 19.2 Å². The lowest BCUT2D eigenvalue weighted by molar-refractivity contribution is 0.315. The van der Waals surface area contributed by atoms with E-state index in [1.807, 2.05) is 13.0 Å². The van der Waals surface area contributed by atoms with Crippen LogP contribution in [0.1, 0.15) is 22.4 Å². The first-order valence-corrected chi connectivity index (χ1v) is 6.58. The van der Waals surface area contributed by atoms with Crippen molar-refractivity contribution in [2.75, 3.05) is 12.8 Å². The molecule has 22 heavy (non-hydrogen) atoms. The summed E-state index contributed by atoms with van der Waals surface area (Å²) in [6, 6.07) is 7.38. The second-order valence-corrected chi connectivity index (χ2v) is 4.84. The third-order valence-corrected chi connectivity index (χ3v) is 3.55. The fourth-order valence-corrected chi connectivity index (χ4v) is 2.36. The quantitative estimate of drug-likeness (QED) is 0.786. The molecule has 0 unspecified atom stereocenters. The molecule has 0 bridgehead atoms. The van der Waals surface area contributed by atoms with Crippen LogP contribution in [0, 0.1) is 18.3 Å². The monoisotopic (exact) mass is 295 g/mol. The highest BCUT2D eigenvalue weighted by molar-refractivity contribution is 5.85. The third kappa shape index (κ3) is 2.20. The Bertz CT molecular complexity index is 895. The summed E-state index contributed by atoms with van der Waals surface area (Å²) in [5.41, 5.74) is 10.6. The Morgan fingerprint density at radius 1 is 1.36 bits per heavy atom. The molecule has 2 aromatic heterocycles. The molecule has 3 rings (SSSR count). The molecule has 0 saturated heterocycles. The first kappa shape index (κ1) is 13.8. The molecule has 0 aliphatic heterocycles. The molecule has 7 nitrogen and oxygen atoms in total. The van der Waals surface area contributed by atoms with Gasteiger partial charge in [-0.05, 0) is 34.9 Å². The third-order valence-electron chi connectivity index (χ3n) is 3.55. The molecule has 1 aromatic carbocycles. The summed E-state index contributed by atoms with van der Waals surface area (Å²) in [4.78, 5) is 4.34. The van der Waals surface area contributed by atoms with E-state index in [9.17, 15) is 0 Å². The summed E-state index contributed by atoms with van der Waals surface area (Å²) >= 11 is 0. The van der Waals surface area contributed by atoms with Crippen LogP contribution in [0.2, 0.25) is 0 Å². The summed E-state index contributed by atoms with van der Waals surface area (Å²) in [6.45, 7) is 1.86. The Hall–Kier alpha value is -3.14. The number of fused-ring (bicyclic) bond motifs is 1. The molecule has 0 fully saturated rings. The molecule has 0 atom stereocenters. The molecule has 0 aliphatic rings. The molecule has 2 heterocycles. The maximum atomic E-state index is 8.96. The number of hydrogen-bond donors (Lipinski definition) is 1. The Balaban J connectivity index is 2.09. The molecular formula is C15H13N5O2. The summed E-state index contributed by atoms with van der Waals surface area (Å²) in [5, 5.41) is 16.5. The number of nitriles is 1. The van der Waals surface area contributed by atoms with Crippen LogP contribution in [0.5, 0.6) is 5.75 Å². The van der Waals surface area contributed by atoms with Crippen molar-refractivity contribution in [1.29, 1.82) is 5.26 Å². The largest absolute Gasteiger partial charge is 0.496 e. The number of aromatic nitrogens is 3. The van der Waals surface area contributed by atoms with Crippen molar-refractivity contribution in [3.63, 3.8) is 0 Å². The topological polar surface area (TPSA) is 111 Å². The van der Waals surface area contributed by atoms with Crippen molar-refractivity contribution in [1.82, 2.24) is 15.3 Å². The summed E-state index contributed by atoms with van der Waals surface area (Å²) < 4.78 is 10.0. The van der Waals surface area contributed by atoms with Crippen LogP contribution in [0.25, 0.3) is 11.2 Å². The Morgan fingerprint density at radius 2 is 2.18 bits per heavy atom. The zero-order valence-corrected chi connectivity index (χ0v) is 12.1. The average Bonchev–Trinajstić information content (AvgIpc) is 2.99. The van der Waals surface area contributed by atoms with Crippen molar-refractivity contribution in [2.24, 2.45) is 0 Å². The van der Waals surface area contributed by atoms with Gasteiger partial charge in [0, 0.05) is 17.7 Å². The molecular weight excluding hydrogens is 282 g/mol. The van der Waals surface area contributed by atoms with Crippen LogP contribution in [0.4, 0.5) is 5.69 Å². The second kappa shape index (κ2) is 5.33. The van der Waals surface area contributed by atoms with Crippen molar-refractivity contribution in [2.45, 2.75) is 13.3 Å². The minimum atomic E-state index is 0.394. The number of benzene rings is 1. The number of nitrogens with zero attached hydrogens (tertiary/aromatic N) is 4. The van der Waals surface area contributed by atoms with E-state index < -0.39 is 0 Å². The van der Waals surface area contributed by atoms with E-state index in [0.717, 1.165) is 16.8 Å². The first-order valence-electron chi connectivity index (χ1n) is 6.58. The van der Waals surface area contributed by atoms with Gasteiger partial charge >= 0.3 is 0 Å². The van der Waals surface area contributed by atoms with Gasteiger partial charge in [-0.2, -0.15) is 5.26 Å². The maximum absolute atomic E-state index is 8.96. The normalized spacial score (nSPS) is 10.6. The van der Waals surface area contributed by atoms with Gasteiger partial charge in [0.05, 0.1) is 24.4 Å². The van der Waals surface area contributed by atoms with E-state index in [4.69, 9.17) is 15.7 Å². The van der Waals surface area contributed by atoms with Crippen LogP contribution < -0.4 is 10.5 Å². The van der Waals surface area contributed by atoms with Gasteiger partial charge < -0.3 is 10.5 Å². The van der Waals surface area contributed by atoms with E-state index in [1.165, 1.54) is 0 Å². The lowest BCUT2D eigenvalue weighted by atomic mass is 10.00. The lowest BCUT2D eigenvalue weighted by Gasteiger charge is -2.12. The van der Waals surface area contributed by atoms with Gasteiger partial charge in [0.1, 0.15) is 5.75 Å². The highest BCUT2D eigenvalue weighted by Gasteiger charge is 2.16. The molecule has 110 valence electrons. The smallest absolute Gasteiger partial charge is 0.226 e. The Morgan fingerprint density at radius 3 is 2.91 bits per heavy atom. The summed E-state index contributed by atoms with van der Waals surface area (Å²) in [5.74, 6) is 0.635. The standard InChI is InChI=1S/C15H13N5O2/c1-8-11(13(17)14-15(18-8)20-22-19-14)6-10-4-3-9(7-16)5-12(10)21-2/h3-5H,6,17H2,1-2H3. The number of nitrogen functional groups attached to an aromatic ring is 1. The SMILES string of the molecule is COc1cc(C#N)ccc1Cc1c(C)nc2nonc2c1N. The van der Waals surface area contributed by atoms with Crippen molar-refractivity contribution >= 4 is 16.9 Å². The molecule has 0 amide bonds. The Kier molecular flexibility index (Phi) is 3.35. The van der Waals surface area contributed by atoms with E-state index >= 15 is 0 Å². The number of ether oxygens (including phenoxy) is 1. The van der Waals surface area contributed by atoms with Crippen LogP contribution >= 0.6 is 0 Å². The van der Waals surface area contributed by atoms with Gasteiger partial charge in [0.2, 0.25) is 5.65 Å². The maximum Gasteiger partial charge on any atom is 0.226 e. The van der Waals surface area contributed by atoms with Gasteiger partial charge in [-0.15, -0.1) is 0 Å². The lowest BCUT2D eigenvalue weighted by Crippen LogP contribution is -2.04. The number of anilines is 1. The molecule has 2 N–H and O–H groups in total. The number of pyridine rings is 1. The van der Waals surface area contributed by atoms with Crippen molar-refractivity contribution < 1.29 is 9.37 Å². The van der Waals surface area contributed by atoms with E-state index in [2.05, 4.69) is 26.0 Å². The summed E-state index contributed by atoms with van der Waals surface area (Å²) in [7, 11) is 1.57. The molecule has 0 saturated carbocycles. The zero-order chi connectivity index (χ0) is 15.7. The number of hydrogen-bond acceptors (Lipinski definition) is 7. The van der Waals surface area contributed by atoms with Gasteiger partial charge in [-0.25, -0.2) is 9.61 Å². The predicted molar refractivity (Wildman–Crippen MR) is 79.3 cm³/mol. The van der Waals surface area contributed by atoms with Gasteiger partial charge in [0.15, 0.2) is 5.52 Å². The van der Waals surface area contributed by atoms with Crippen LogP contribution in [-0.2, 0) is 6.42 Å². The molecule has 3 aromatic rings.